The van der Waals surface area contributed by atoms with Crippen molar-refractivity contribution < 1.29 is 36.4 Å². The van der Waals surface area contributed by atoms with E-state index in [0.717, 1.165) is 77.0 Å². The summed E-state index contributed by atoms with van der Waals surface area (Å²) in [5.41, 5.74) is 2.73. The normalized spacial score (nSPS) is 30.5. The Morgan fingerprint density at radius 1 is 0.927 bits per heavy atom. The fraction of sp³-hybridized carbons (Fsp3) is 0.812. The van der Waals surface area contributed by atoms with E-state index in [0.29, 0.717) is 41.6 Å². The SMILES string of the molecule is C[C@]12CC[C@@H]3c4ccc(O)cc4C[C@@H](CCCCCCCCC[S@](=O)CCCC(F)(F)C(F)(F)F)[C@H]3[C@@H]1CC[C@@H]2O. The van der Waals surface area contributed by atoms with E-state index in [1.54, 1.807) is 0 Å². The second-order valence-electron chi connectivity index (χ2n) is 13.2. The summed E-state index contributed by atoms with van der Waals surface area (Å²) >= 11 is 0. The van der Waals surface area contributed by atoms with Crippen molar-refractivity contribution in [3.8, 4) is 5.75 Å². The van der Waals surface area contributed by atoms with E-state index >= 15 is 0 Å². The predicted octanol–water partition coefficient (Wildman–Crippen LogP) is 8.68. The molecule has 3 aliphatic rings. The van der Waals surface area contributed by atoms with Gasteiger partial charge in [-0.1, -0.05) is 51.5 Å². The minimum atomic E-state index is -5.54. The Hall–Kier alpha value is -1.22. The highest BCUT2D eigenvalue weighted by atomic mass is 32.2. The molecule has 0 spiro atoms. The van der Waals surface area contributed by atoms with E-state index in [-0.39, 0.29) is 17.3 Å². The molecule has 0 radical (unpaired) electrons. The van der Waals surface area contributed by atoms with Crippen LogP contribution in [0.2, 0.25) is 0 Å². The van der Waals surface area contributed by atoms with Gasteiger partial charge in [0, 0.05) is 28.7 Å². The topological polar surface area (TPSA) is 57.5 Å². The minimum absolute atomic E-state index is 0.0195. The van der Waals surface area contributed by atoms with Gasteiger partial charge >= 0.3 is 12.1 Å². The Balaban J connectivity index is 1.15. The number of unbranched alkanes of at least 4 members (excludes halogenated alkanes) is 6. The van der Waals surface area contributed by atoms with E-state index in [1.165, 1.54) is 11.1 Å². The van der Waals surface area contributed by atoms with Gasteiger partial charge in [0.25, 0.3) is 0 Å². The molecule has 3 aliphatic carbocycles. The van der Waals surface area contributed by atoms with Gasteiger partial charge in [-0.2, -0.15) is 22.0 Å². The fourth-order valence-corrected chi connectivity index (χ4v) is 9.48. The van der Waals surface area contributed by atoms with Crippen molar-refractivity contribution in [2.45, 2.75) is 127 Å². The molecule has 2 fully saturated rings. The number of aliphatic hydroxyl groups excluding tert-OH is 1. The summed E-state index contributed by atoms with van der Waals surface area (Å²) < 4.78 is 74.5. The van der Waals surface area contributed by atoms with Crippen molar-refractivity contribution in [2.75, 3.05) is 11.5 Å². The number of rotatable bonds is 14. The Morgan fingerprint density at radius 2 is 1.59 bits per heavy atom. The Labute approximate surface area is 244 Å². The van der Waals surface area contributed by atoms with Crippen LogP contribution in [0.15, 0.2) is 18.2 Å². The molecule has 0 heterocycles. The summed E-state index contributed by atoms with van der Waals surface area (Å²) in [7, 11) is -1.35. The van der Waals surface area contributed by atoms with Gasteiger partial charge in [0.2, 0.25) is 0 Å². The molecule has 0 unspecified atom stereocenters. The highest BCUT2D eigenvalue weighted by Crippen LogP contribution is 2.62. The third-order valence-corrected chi connectivity index (χ3v) is 12.0. The van der Waals surface area contributed by atoms with Crippen molar-refractivity contribution >= 4 is 10.8 Å². The number of hydrogen-bond donors (Lipinski definition) is 2. The van der Waals surface area contributed by atoms with Gasteiger partial charge in [-0.15, -0.1) is 0 Å². The molecule has 1 aromatic carbocycles. The molecule has 9 heteroatoms. The molecule has 1 aromatic rings. The maximum atomic E-state index is 13.0. The number of halogens is 5. The first-order valence-electron chi connectivity index (χ1n) is 15.6. The molecular formula is C32H47F5O3S. The van der Waals surface area contributed by atoms with Crippen molar-refractivity contribution in [1.82, 2.24) is 0 Å². The standard InChI is InChI=1S/C32H47F5O3S/c1-30-17-15-26-25-12-11-24(38)21-23(25)20-22(29(26)27(30)13-14-28(30)39)10-7-5-3-2-4-6-8-18-41(40)19-9-16-31(33,34)32(35,36)37/h11-12,21-22,26-29,38-39H,2-10,13-20H2,1H3/t22-,26-,27+,28+,29-,30+,41+/m1/s1. The molecular weight excluding hydrogens is 559 g/mol. The maximum absolute atomic E-state index is 13.0. The van der Waals surface area contributed by atoms with Gasteiger partial charge in [0.15, 0.2) is 0 Å². The van der Waals surface area contributed by atoms with Gasteiger partial charge in [-0.25, -0.2) is 0 Å². The van der Waals surface area contributed by atoms with Crippen molar-refractivity contribution in [1.29, 1.82) is 0 Å². The molecule has 7 atom stereocenters. The average Bonchev–Trinajstić information content (AvgIpc) is 3.20. The van der Waals surface area contributed by atoms with Gasteiger partial charge in [0.05, 0.1) is 6.10 Å². The first-order valence-corrected chi connectivity index (χ1v) is 17.1. The van der Waals surface area contributed by atoms with E-state index in [4.69, 9.17) is 0 Å². The molecule has 0 aromatic heterocycles. The van der Waals surface area contributed by atoms with E-state index < -0.39 is 35.7 Å². The first-order chi connectivity index (χ1) is 19.3. The van der Waals surface area contributed by atoms with Crippen LogP contribution in [0.4, 0.5) is 22.0 Å². The lowest BCUT2D eigenvalue weighted by atomic mass is 9.52. The Kier molecular flexibility index (Phi) is 10.8. The van der Waals surface area contributed by atoms with E-state index in [1.807, 2.05) is 12.1 Å². The third-order valence-electron chi connectivity index (χ3n) is 10.6. The lowest BCUT2D eigenvalue weighted by Gasteiger charge is -2.53. The number of phenolic OH excluding ortho intramolecular Hbond substituents is 1. The van der Waals surface area contributed by atoms with Gasteiger partial charge in [-0.05, 0) is 104 Å². The average molecular weight is 607 g/mol. The van der Waals surface area contributed by atoms with Gasteiger partial charge in [0.1, 0.15) is 5.75 Å². The molecule has 2 N–H and O–H groups in total. The van der Waals surface area contributed by atoms with Crippen LogP contribution in [0.5, 0.6) is 5.75 Å². The summed E-state index contributed by atoms with van der Waals surface area (Å²) in [5, 5.41) is 21.0. The molecule has 41 heavy (non-hydrogen) atoms. The van der Waals surface area contributed by atoms with E-state index in [9.17, 15) is 36.4 Å². The third kappa shape index (κ3) is 7.66. The molecule has 234 valence electrons. The molecule has 2 saturated carbocycles. The zero-order chi connectivity index (χ0) is 29.8. The number of alkyl halides is 5. The quantitative estimate of drug-likeness (QED) is 0.165. The summed E-state index contributed by atoms with van der Waals surface area (Å²) in [4.78, 5) is 0. The van der Waals surface area contributed by atoms with Crippen LogP contribution >= 0.6 is 0 Å². The van der Waals surface area contributed by atoms with Gasteiger partial charge in [-0.3, -0.25) is 4.21 Å². The largest absolute Gasteiger partial charge is 0.508 e. The van der Waals surface area contributed by atoms with Crippen LogP contribution in [0.1, 0.15) is 114 Å². The zero-order valence-electron chi connectivity index (χ0n) is 24.2. The molecule has 3 nitrogen and oxygen atoms in total. The summed E-state index contributed by atoms with van der Waals surface area (Å²) in [6.07, 6.45) is 5.97. The monoisotopic (exact) mass is 606 g/mol. The van der Waals surface area contributed by atoms with Crippen LogP contribution in [0.25, 0.3) is 0 Å². The van der Waals surface area contributed by atoms with Crippen LogP contribution < -0.4 is 0 Å². The zero-order valence-corrected chi connectivity index (χ0v) is 25.1. The Bertz CT molecular complexity index is 1030. The molecule has 0 aliphatic heterocycles. The van der Waals surface area contributed by atoms with Crippen LogP contribution in [-0.4, -0.2) is 44.1 Å². The number of benzene rings is 1. The number of fused-ring (bicyclic) bond motifs is 5. The van der Waals surface area contributed by atoms with Crippen molar-refractivity contribution in [3.63, 3.8) is 0 Å². The maximum Gasteiger partial charge on any atom is 0.453 e. The smallest absolute Gasteiger partial charge is 0.453 e. The first kappa shape index (κ1) is 32.7. The van der Waals surface area contributed by atoms with Crippen molar-refractivity contribution in [3.05, 3.63) is 29.3 Å². The highest BCUT2D eigenvalue weighted by molar-refractivity contribution is 7.84. The van der Waals surface area contributed by atoms with E-state index in [2.05, 4.69) is 13.0 Å². The van der Waals surface area contributed by atoms with Crippen molar-refractivity contribution in [2.24, 2.45) is 23.2 Å². The fourth-order valence-electron chi connectivity index (χ4n) is 8.28. The summed E-state index contributed by atoms with van der Waals surface area (Å²) in [5.74, 6) is -1.91. The van der Waals surface area contributed by atoms with Crippen LogP contribution in [-0.2, 0) is 17.2 Å². The predicted molar refractivity (Wildman–Crippen MR) is 153 cm³/mol. The number of aromatic hydroxyl groups is 1. The van der Waals surface area contributed by atoms with Crippen LogP contribution in [0.3, 0.4) is 0 Å². The molecule has 0 bridgehead atoms. The molecule has 0 saturated heterocycles. The number of aliphatic hydroxyl groups is 1. The number of phenols is 1. The molecule has 0 amide bonds. The lowest BCUT2D eigenvalue weighted by Crippen LogP contribution is -2.47. The Morgan fingerprint density at radius 3 is 2.29 bits per heavy atom. The number of hydrogen-bond acceptors (Lipinski definition) is 3. The minimum Gasteiger partial charge on any atom is -0.508 e. The summed E-state index contributed by atoms with van der Waals surface area (Å²) in [6, 6.07) is 5.92. The summed E-state index contributed by atoms with van der Waals surface area (Å²) in [6.45, 7) is 2.30. The molecule has 4 rings (SSSR count). The van der Waals surface area contributed by atoms with Crippen LogP contribution in [0, 0.1) is 23.2 Å². The second-order valence-corrected chi connectivity index (χ2v) is 14.9. The highest BCUT2D eigenvalue weighted by Gasteiger charge is 2.57. The van der Waals surface area contributed by atoms with Gasteiger partial charge < -0.3 is 10.2 Å². The lowest BCUT2D eigenvalue weighted by molar-refractivity contribution is -0.284. The second kappa shape index (κ2) is 13.6.